The summed E-state index contributed by atoms with van der Waals surface area (Å²) >= 11 is 5.95. The number of benzene rings is 1. The van der Waals surface area contributed by atoms with E-state index in [0.29, 0.717) is 5.82 Å². The van der Waals surface area contributed by atoms with Crippen molar-refractivity contribution < 1.29 is 18.1 Å². The minimum atomic E-state index is -3.55. The zero-order valence-corrected chi connectivity index (χ0v) is 17.3. The van der Waals surface area contributed by atoms with Crippen molar-refractivity contribution in [2.45, 2.75) is 17.9 Å². The maximum atomic E-state index is 12.6. The SMILES string of the molecule is C[C@@H](NC(=O)c1cc(Cl)cc(S(C)(=O)=O)c1)c1ncnn1-c1ccc([N+](=O)[O-])cn1. The Balaban J connectivity index is 1.85. The van der Waals surface area contributed by atoms with Gasteiger partial charge >= 0.3 is 0 Å². The molecule has 30 heavy (non-hydrogen) atoms. The van der Waals surface area contributed by atoms with Crippen LogP contribution in [0, 0.1) is 10.1 Å². The number of pyridine rings is 1. The first kappa shape index (κ1) is 21.3. The van der Waals surface area contributed by atoms with E-state index in [9.17, 15) is 23.3 Å². The predicted octanol–water partition coefficient (Wildman–Crippen LogP) is 2.12. The number of hydrogen-bond donors (Lipinski definition) is 1. The molecule has 0 saturated carbocycles. The zero-order valence-electron chi connectivity index (χ0n) is 15.7. The highest BCUT2D eigenvalue weighted by atomic mass is 35.5. The number of nitrogens with zero attached hydrogens (tertiary/aromatic N) is 5. The van der Waals surface area contributed by atoms with Crippen LogP contribution in [0.25, 0.3) is 5.82 Å². The van der Waals surface area contributed by atoms with Crippen molar-refractivity contribution in [2.75, 3.05) is 6.26 Å². The van der Waals surface area contributed by atoms with E-state index in [0.717, 1.165) is 12.5 Å². The van der Waals surface area contributed by atoms with E-state index in [4.69, 9.17) is 11.6 Å². The second kappa shape index (κ2) is 8.16. The molecule has 1 amide bonds. The molecule has 11 nitrogen and oxygen atoms in total. The molecule has 3 rings (SSSR count). The van der Waals surface area contributed by atoms with Crippen LogP contribution in [0.2, 0.25) is 5.02 Å². The maximum absolute atomic E-state index is 12.6. The average Bonchev–Trinajstić information content (AvgIpc) is 3.16. The summed E-state index contributed by atoms with van der Waals surface area (Å²) in [6.07, 6.45) is 3.35. The van der Waals surface area contributed by atoms with Crippen LogP contribution in [0.5, 0.6) is 0 Å². The van der Waals surface area contributed by atoms with Gasteiger partial charge in [-0.25, -0.2) is 18.4 Å². The molecule has 1 atom stereocenters. The molecular formula is C17H15ClN6O5S. The van der Waals surface area contributed by atoms with Gasteiger partial charge in [0.1, 0.15) is 12.5 Å². The molecule has 0 aliphatic carbocycles. The highest BCUT2D eigenvalue weighted by molar-refractivity contribution is 7.90. The fourth-order valence-electron chi connectivity index (χ4n) is 2.59. The van der Waals surface area contributed by atoms with Crippen molar-refractivity contribution in [2.24, 2.45) is 0 Å². The Morgan fingerprint density at radius 2 is 2.00 bits per heavy atom. The van der Waals surface area contributed by atoms with Gasteiger partial charge in [0.15, 0.2) is 21.5 Å². The molecule has 0 radical (unpaired) electrons. The predicted molar refractivity (Wildman–Crippen MR) is 106 cm³/mol. The van der Waals surface area contributed by atoms with Crippen molar-refractivity contribution in [3.05, 3.63) is 69.4 Å². The van der Waals surface area contributed by atoms with Crippen molar-refractivity contribution in [3.63, 3.8) is 0 Å². The molecule has 156 valence electrons. The summed E-state index contributed by atoms with van der Waals surface area (Å²) in [4.78, 5) is 30.9. The fourth-order valence-corrected chi connectivity index (χ4v) is 3.57. The second-order valence-electron chi connectivity index (χ2n) is 6.30. The van der Waals surface area contributed by atoms with Crippen molar-refractivity contribution in [3.8, 4) is 5.82 Å². The number of hydrogen-bond acceptors (Lipinski definition) is 8. The number of carbonyl (C=O) groups excluding carboxylic acids is 1. The van der Waals surface area contributed by atoms with E-state index in [1.165, 1.54) is 41.3 Å². The Labute approximate surface area is 175 Å². The standard InChI is InChI=1S/C17H15ClN6O5S/c1-10(22-17(25)11-5-12(18)7-14(6-11)30(2,28)29)16-20-9-21-23(16)15-4-3-13(8-19-15)24(26)27/h3-10H,1-2H3,(H,22,25)/t10-/m1/s1. The number of rotatable bonds is 6. The molecule has 3 aromatic rings. The van der Waals surface area contributed by atoms with Gasteiger partial charge < -0.3 is 5.32 Å². The molecule has 2 heterocycles. The summed E-state index contributed by atoms with van der Waals surface area (Å²) in [5, 5.41) is 17.6. The summed E-state index contributed by atoms with van der Waals surface area (Å²) in [6.45, 7) is 1.64. The van der Waals surface area contributed by atoms with Gasteiger partial charge in [-0.3, -0.25) is 14.9 Å². The van der Waals surface area contributed by atoms with Crippen LogP contribution >= 0.6 is 11.6 Å². The van der Waals surface area contributed by atoms with Gasteiger partial charge in [0.05, 0.1) is 15.9 Å². The van der Waals surface area contributed by atoms with Gasteiger partial charge in [-0.05, 0) is 31.2 Å². The molecule has 0 bridgehead atoms. The Bertz CT molecular complexity index is 1230. The molecule has 0 unspecified atom stereocenters. The van der Waals surface area contributed by atoms with E-state index in [-0.39, 0.29) is 27.0 Å². The number of amides is 1. The normalized spacial score (nSPS) is 12.4. The maximum Gasteiger partial charge on any atom is 0.287 e. The summed E-state index contributed by atoms with van der Waals surface area (Å²) < 4.78 is 24.9. The van der Waals surface area contributed by atoms with Gasteiger partial charge in [-0.15, -0.1) is 0 Å². The smallest absolute Gasteiger partial charge is 0.287 e. The van der Waals surface area contributed by atoms with Gasteiger partial charge in [0, 0.05) is 22.9 Å². The first-order valence-electron chi connectivity index (χ1n) is 8.38. The van der Waals surface area contributed by atoms with Crippen LogP contribution in [0.1, 0.15) is 29.1 Å². The van der Waals surface area contributed by atoms with E-state index >= 15 is 0 Å². The third kappa shape index (κ3) is 4.60. The van der Waals surface area contributed by atoms with E-state index in [2.05, 4.69) is 20.4 Å². The number of halogens is 1. The molecule has 0 aliphatic rings. The van der Waals surface area contributed by atoms with Crippen molar-refractivity contribution in [1.29, 1.82) is 0 Å². The summed E-state index contributed by atoms with van der Waals surface area (Å²) in [5.74, 6) is 0.0208. The van der Waals surface area contributed by atoms with E-state index in [1.807, 2.05) is 0 Å². The van der Waals surface area contributed by atoms with Crippen LogP contribution in [0.15, 0.2) is 47.8 Å². The molecule has 13 heteroatoms. The molecule has 0 saturated heterocycles. The first-order chi connectivity index (χ1) is 14.1. The van der Waals surface area contributed by atoms with E-state index < -0.39 is 26.7 Å². The lowest BCUT2D eigenvalue weighted by atomic mass is 10.2. The number of carbonyl (C=O) groups is 1. The van der Waals surface area contributed by atoms with Gasteiger partial charge in [0.2, 0.25) is 0 Å². The highest BCUT2D eigenvalue weighted by Crippen LogP contribution is 2.21. The molecule has 0 aliphatic heterocycles. The van der Waals surface area contributed by atoms with Gasteiger partial charge in [-0.2, -0.15) is 9.78 Å². The number of sulfone groups is 1. The Morgan fingerprint density at radius 3 is 2.60 bits per heavy atom. The second-order valence-corrected chi connectivity index (χ2v) is 8.76. The first-order valence-corrected chi connectivity index (χ1v) is 10.7. The Morgan fingerprint density at radius 1 is 1.27 bits per heavy atom. The van der Waals surface area contributed by atoms with Crippen LogP contribution < -0.4 is 5.32 Å². The molecule has 2 aromatic heterocycles. The third-order valence-corrected chi connectivity index (χ3v) is 5.34. The summed E-state index contributed by atoms with van der Waals surface area (Å²) in [6, 6.07) is 5.86. The quantitative estimate of drug-likeness (QED) is 0.443. The van der Waals surface area contributed by atoms with Gasteiger partial charge in [0.25, 0.3) is 11.6 Å². The highest BCUT2D eigenvalue weighted by Gasteiger charge is 2.20. The molecule has 0 spiro atoms. The third-order valence-electron chi connectivity index (χ3n) is 4.03. The largest absolute Gasteiger partial charge is 0.342 e. The Kier molecular flexibility index (Phi) is 5.80. The molecule has 0 fully saturated rings. The summed E-state index contributed by atoms with van der Waals surface area (Å²) in [5.41, 5.74) is -0.112. The minimum Gasteiger partial charge on any atom is -0.342 e. The molecule has 1 aromatic carbocycles. The molecular weight excluding hydrogens is 436 g/mol. The minimum absolute atomic E-state index is 0.0642. The lowest BCUT2D eigenvalue weighted by Crippen LogP contribution is -2.29. The number of aromatic nitrogens is 4. The topological polar surface area (TPSA) is 150 Å². The van der Waals surface area contributed by atoms with Crippen LogP contribution in [0.4, 0.5) is 5.69 Å². The van der Waals surface area contributed by atoms with Crippen LogP contribution in [-0.2, 0) is 9.84 Å². The average molecular weight is 451 g/mol. The van der Waals surface area contributed by atoms with Gasteiger partial charge in [-0.1, -0.05) is 11.6 Å². The van der Waals surface area contributed by atoms with Crippen LogP contribution in [0.3, 0.4) is 0 Å². The lowest BCUT2D eigenvalue weighted by molar-refractivity contribution is -0.385. The van der Waals surface area contributed by atoms with E-state index in [1.54, 1.807) is 6.92 Å². The zero-order chi connectivity index (χ0) is 22.1. The van der Waals surface area contributed by atoms with Crippen molar-refractivity contribution in [1.82, 2.24) is 25.1 Å². The van der Waals surface area contributed by atoms with Crippen molar-refractivity contribution >= 4 is 33.0 Å². The Hall–Kier alpha value is -3.38. The monoisotopic (exact) mass is 450 g/mol. The van der Waals surface area contributed by atoms with Crippen LogP contribution in [-0.4, -0.2) is 45.3 Å². The number of nitrogens with one attached hydrogen (secondary N) is 1. The molecule has 1 N–H and O–H groups in total. The lowest BCUT2D eigenvalue weighted by Gasteiger charge is -2.15. The fraction of sp³-hybridized carbons (Fsp3) is 0.176. The number of nitro groups is 1. The summed E-state index contributed by atoms with van der Waals surface area (Å²) in [7, 11) is -3.55.